The maximum absolute atomic E-state index is 12.1. The predicted molar refractivity (Wildman–Crippen MR) is 141 cm³/mol. The molecule has 0 unspecified atom stereocenters. The molecule has 3 aromatic carbocycles. The maximum Gasteiger partial charge on any atom is 0.278 e. The summed E-state index contributed by atoms with van der Waals surface area (Å²) in [5.74, 6) is 0. The van der Waals surface area contributed by atoms with Crippen LogP contribution in [0.15, 0.2) is 108 Å². The zero-order chi connectivity index (χ0) is 26.4. The molecule has 0 aliphatic carbocycles. The molecular formula is C29H28N4O5. The van der Waals surface area contributed by atoms with Gasteiger partial charge in [-0.3, -0.25) is 9.36 Å². The third kappa shape index (κ3) is 4.88. The highest BCUT2D eigenvalue weighted by Crippen LogP contribution is 2.40. The van der Waals surface area contributed by atoms with Gasteiger partial charge in [-0.15, -0.1) is 0 Å². The van der Waals surface area contributed by atoms with E-state index in [1.165, 1.54) is 17.2 Å². The van der Waals surface area contributed by atoms with E-state index in [0.717, 1.165) is 16.7 Å². The molecule has 0 spiro atoms. The van der Waals surface area contributed by atoms with Gasteiger partial charge in [0.2, 0.25) is 0 Å². The minimum absolute atomic E-state index is 0.00761. The molecule has 194 valence electrons. The van der Waals surface area contributed by atoms with Crippen LogP contribution in [-0.4, -0.2) is 55.7 Å². The van der Waals surface area contributed by atoms with Gasteiger partial charge in [-0.05, 0) is 16.7 Å². The molecule has 0 saturated heterocycles. The lowest BCUT2D eigenvalue weighted by Gasteiger charge is -2.37. The number of hydrogen-bond acceptors (Lipinski definition) is 7. The summed E-state index contributed by atoms with van der Waals surface area (Å²) in [5, 5.41) is 20.4. The molecule has 5 aromatic rings. The highest BCUT2D eigenvalue weighted by molar-refractivity contribution is 5.68. The van der Waals surface area contributed by atoms with E-state index in [0.29, 0.717) is 0 Å². The molecule has 3 N–H and O–H groups in total. The van der Waals surface area contributed by atoms with Gasteiger partial charge in [-0.2, -0.15) is 0 Å². The number of imidazole rings is 1. The van der Waals surface area contributed by atoms with E-state index in [-0.39, 0.29) is 24.4 Å². The molecule has 2 atom stereocenters. The first kappa shape index (κ1) is 25.5. The average Bonchev–Trinajstić information content (AvgIpc) is 3.42. The molecule has 5 rings (SSSR count). The largest absolute Gasteiger partial charge is 0.394 e. The quantitative estimate of drug-likeness (QED) is 0.233. The van der Waals surface area contributed by atoms with Crippen molar-refractivity contribution in [3.8, 4) is 0 Å². The summed E-state index contributed by atoms with van der Waals surface area (Å²) in [5.41, 5.74) is 1.74. The lowest BCUT2D eigenvalue weighted by atomic mass is 9.80. The number of hydrogen-bond donors (Lipinski definition) is 3. The molecule has 0 aliphatic rings. The zero-order valence-corrected chi connectivity index (χ0v) is 20.6. The monoisotopic (exact) mass is 512 g/mol. The topological polar surface area (TPSA) is 122 Å². The number of rotatable bonds is 11. The maximum atomic E-state index is 12.1. The minimum Gasteiger partial charge on any atom is -0.394 e. The van der Waals surface area contributed by atoms with Crippen molar-refractivity contribution in [1.29, 1.82) is 0 Å². The number of benzene rings is 3. The Hall–Kier alpha value is -4.15. The Morgan fingerprint density at radius 2 is 1.37 bits per heavy atom. The number of aromatic nitrogens is 4. The normalized spacial score (nSPS) is 13.4. The Morgan fingerprint density at radius 3 is 1.87 bits per heavy atom. The Bertz CT molecular complexity index is 1410. The van der Waals surface area contributed by atoms with Gasteiger partial charge in [0.25, 0.3) is 5.56 Å². The summed E-state index contributed by atoms with van der Waals surface area (Å²) in [7, 11) is 0. The molecule has 9 heteroatoms. The third-order valence-electron chi connectivity index (χ3n) is 6.41. The van der Waals surface area contributed by atoms with E-state index in [1.54, 1.807) is 0 Å². The zero-order valence-electron chi connectivity index (χ0n) is 20.6. The standard InChI is InChI=1S/C29H28N4O5/c34-16-24(38-25(17-35)33-20-32-26-27(33)30-19-31-28(26)36)18-37-29(21-10-4-1-5-11-21,22-12-6-2-7-13-22)23-14-8-3-9-15-23/h1-15,19-20,24-25,34-35H,16-18H2,(H,30,31,36)/t24-,25+/m0/s1. The molecular weight excluding hydrogens is 484 g/mol. The average molecular weight is 513 g/mol. The van der Waals surface area contributed by atoms with Gasteiger partial charge in [0.05, 0.1) is 32.5 Å². The molecule has 0 fully saturated rings. The summed E-state index contributed by atoms with van der Waals surface area (Å²) < 4.78 is 14.3. The van der Waals surface area contributed by atoms with Crippen molar-refractivity contribution < 1.29 is 19.7 Å². The van der Waals surface area contributed by atoms with Crippen molar-refractivity contribution in [2.45, 2.75) is 17.9 Å². The second-order valence-corrected chi connectivity index (χ2v) is 8.72. The van der Waals surface area contributed by atoms with Gasteiger partial charge in [0.1, 0.15) is 11.7 Å². The summed E-state index contributed by atoms with van der Waals surface area (Å²) in [4.78, 5) is 22.8. The molecule has 0 radical (unpaired) electrons. The van der Waals surface area contributed by atoms with Gasteiger partial charge < -0.3 is 24.7 Å². The highest BCUT2D eigenvalue weighted by Gasteiger charge is 2.38. The summed E-state index contributed by atoms with van der Waals surface area (Å²) in [6.45, 7) is -0.810. The van der Waals surface area contributed by atoms with E-state index < -0.39 is 30.1 Å². The lowest BCUT2D eigenvalue weighted by molar-refractivity contribution is -0.136. The van der Waals surface area contributed by atoms with Crippen LogP contribution in [0.1, 0.15) is 22.9 Å². The number of fused-ring (bicyclic) bond motifs is 1. The number of nitrogens with one attached hydrogen (secondary N) is 1. The number of aliphatic hydroxyl groups is 2. The Kier molecular flexibility index (Phi) is 7.71. The van der Waals surface area contributed by atoms with E-state index in [4.69, 9.17) is 9.47 Å². The molecule has 38 heavy (non-hydrogen) atoms. The Labute approximate surface area is 219 Å². The van der Waals surface area contributed by atoms with E-state index in [1.807, 2.05) is 91.0 Å². The molecule has 0 amide bonds. The van der Waals surface area contributed by atoms with Crippen LogP contribution in [0, 0.1) is 0 Å². The molecule has 0 bridgehead atoms. The Morgan fingerprint density at radius 1 is 0.816 bits per heavy atom. The molecule has 0 saturated carbocycles. The fourth-order valence-corrected chi connectivity index (χ4v) is 4.61. The van der Waals surface area contributed by atoms with E-state index >= 15 is 0 Å². The third-order valence-corrected chi connectivity index (χ3v) is 6.41. The van der Waals surface area contributed by atoms with Crippen molar-refractivity contribution in [3.63, 3.8) is 0 Å². The number of H-pyrrole nitrogens is 1. The van der Waals surface area contributed by atoms with Gasteiger partial charge in [-0.25, -0.2) is 9.97 Å². The molecule has 0 aliphatic heterocycles. The van der Waals surface area contributed by atoms with Crippen molar-refractivity contribution in [2.75, 3.05) is 19.8 Å². The van der Waals surface area contributed by atoms with Gasteiger partial charge in [0, 0.05) is 0 Å². The second kappa shape index (κ2) is 11.5. The van der Waals surface area contributed by atoms with Crippen LogP contribution in [0.4, 0.5) is 0 Å². The first-order valence-electron chi connectivity index (χ1n) is 12.2. The second-order valence-electron chi connectivity index (χ2n) is 8.72. The van der Waals surface area contributed by atoms with Crippen LogP contribution in [0.2, 0.25) is 0 Å². The van der Waals surface area contributed by atoms with Crippen LogP contribution >= 0.6 is 0 Å². The summed E-state index contributed by atoms with van der Waals surface area (Å²) in [6, 6.07) is 29.6. The van der Waals surface area contributed by atoms with E-state index in [9.17, 15) is 15.0 Å². The minimum atomic E-state index is -0.994. The smallest absolute Gasteiger partial charge is 0.278 e. The van der Waals surface area contributed by atoms with E-state index in [2.05, 4.69) is 15.0 Å². The van der Waals surface area contributed by atoms with Crippen LogP contribution in [-0.2, 0) is 15.1 Å². The van der Waals surface area contributed by atoms with Crippen molar-refractivity contribution in [1.82, 2.24) is 19.5 Å². The first-order valence-corrected chi connectivity index (χ1v) is 12.2. The lowest BCUT2D eigenvalue weighted by Crippen LogP contribution is -2.38. The van der Waals surface area contributed by atoms with Crippen LogP contribution < -0.4 is 5.56 Å². The molecule has 9 nitrogen and oxygen atoms in total. The van der Waals surface area contributed by atoms with Crippen molar-refractivity contribution >= 4 is 11.2 Å². The summed E-state index contributed by atoms with van der Waals surface area (Å²) >= 11 is 0. The highest BCUT2D eigenvalue weighted by atomic mass is 16.6. The number of aliphatic hydroxyl groups excluding tert-OH is 2. The van der Waals surface area contributed by atoms with Crippen molar-refractivity contribution in [3.05, 3.63) is 131 Å². The number of nitrogens with zero attached hydrogens (tertiary/aromatic N) is 3. The first-order chi connectivity index (χ1) is 18.7. The van der Waals surface area contributed by atoms with Crippen LogP contribution in [0.3, 0.4) is 0 Å². The Balaban J connectivity index is 1.49. The number of aromatic amines is 1. The predicted octanol–water partition coefficient (Wildman–Crippen LogP) is 3.00. The van der Waals surface area contributed by atoms with Crippen LogP contribution in [0.5, 0.6) is 0 Å². The fraction of sp³-hybridized carbons (Fsp3) is 0.207. The molecule has 2 aromatic heterocycles. The van der Waals surface area contributed by atoms with Gasteiger partial charge in [-0.1, -0.05) is 91.0 Å². The SMILES string of the molecule is O=c1[nH]cnc2c1ncn2[C@@H](CO)O[C@@H](CO)COC(c1ccccc1)(c1ccccc1)c1ccccc1. The number of ether oxygens (including phenoxy) is 2. The fourth-order valence-electron chi connectivity index (χ4n) is 4.61. The van der Waals surface area contributed by atoms with Crippen LogP contribution in [0.25, 0.3) is 11.2 Å². The van der Waals surface area contributed by atoms with Gasteiger partial charge >= 0.3 is 0 Å². The van der Waals surface area contributed by atoms with Gasteiger partial charge in [0.15, 0.2) is 17.4 Å². The van der Waals surface area contributed by atoms with Crippen molar-refractivity contribution in [2.24, 2.45) is 0 Å². The molecule has 2 heterocycles. The summed E-state index contributed by atoms with van der Waals surface area (Å²) in [6.07, 6.45) is 0.875.